The fraction of sp³-hybridized carbons (Fsp3) is 0.389. The maximum atomic E-state index is 13.0. The number of amides is 1. The van der Waals surface area contributed by atoms with Gasteiger partial charge < -0.3 is 9.47 Å². The highest BCUT2D eigenvalue weighted by Gasteiger charge is 2.30. The number of aromatic nitrogens is 1. The van der Waals surface area contributed by atoms with Gasteiger partial charge in [0.1, 0.15) is 10.6 Å². The lowest BCUT2D eigenvalue weighted by atomic mass is 10.2. The van der Waals surface area contributed by atoms with E-state index in [0.29, 0.717) is 25.3 Å². The summed E-state index contributed by atoms with van der Waals surface area (Å²) < 4.78 is 28.4. The van der Waals surface area contributed by atoms with Crippen molar-refractivity contribution in [2.75, 3.05) is 24.5 Å². The maximum absolute atomic E-state index is 13.0. The van der Waals surface area contributed by atoms with Gasteiger partial charge in [-0.25, -0.2) is 8.42 Å². The van der Waals surface area contributed by atoms with Gasteiger partial charge in [-0.3, -0.25) is 4.79 Å². The van der Waals surface area contributed by atoms with Crippen molar-refractivity contribution in [1.29, 1.82) is 0 Å². The average molecular weight is 361 g/mol. The molecular weight excluding hydrogens is 338 g/mol. The zero-order valence-corrected chi connectivity index (χ0v) is 15.6. The van der Waals surface area contributed by atoms with Crippen LogP contribution in [0.1, 0.15) is 29.9 Å². The molecule has 0 atom stereocenters. The van der Waals surface area contributed by atoms with Crippen molar-refractivity contribution in [2.24, 2.45) is 7.05 Å². The van der Waals surface area contributed by atoms with E-state index in [9.17, 15) is 13.2 Å². The van der Waals surface area contributed by atoms with Crippen LogP contribution in [0.4, 0.5) is 5.69 Å². The molecule has 25 heavy (non-hydrogen) atoms. The van der Waals surface area contributed by atoms with E-state index in [1.807, 2.05) is 24.3 Å². The summed E-state index contributed by atoms with van der Waals surface area (Å²) in [7, 11) is -1.87. The normalized spacial score (nSPS) is 14.2. The molecule has 1 amide bonds. The van der Waals surface area contributed by atoms with Crippen LogP contribution in [0, 0.1) is 0 Å². The summed E-state index contributed by atoms with van der Waals surface area (Å²) in [5.41, 5.74) is 2.42. The first kappa shape index (κ1) is 17.7. The van der Waals surface area contributed by atoms with Gasteiger partial charge in [-0.1, -0.05) is 32.0 Å². The number of carbonyl (C=O) groups is 1. The van der Waals surface area contributed by atoms with Crippen LogP contribution in [-0.4, -0.2) is 42.8 Å². The second kappa shape index (κ2) is 6.65. The summed E-state index contributed by atoms with van der Waals surface area (Å²) in [6.45, 7) is 5.02. The number of anilines is 1. The van der Waals surface area contributed by atoms with Crippen LogP contribution >= 0.6 is 0 Å². The molecule has 0 unspecified atom stereocenters. The Morgan fingerprint density at radius 3 is 2.56 bits per heavy atom. The van der Waals surface area contributed by atoms with Gasteiger partial charge in [0.25, 0.3) is 5.91 Å². The molecule has 134 valence electrons. The van der Waals surface area contributed by atoms with Crippen LogP contribution in [0.15, 0.2) is 41.4 Å². The lowest BCUT2D eigenvalue weighted by molar-refractivity contribution is 0.0981. The summed E-state index contributed by atoms with van der Waals surface area (Å²) in [5.74, 6) is -0.173. The van der Waals surface area contributed by atoms with Gasteiger partial charge in [0.2, 0.25) is 10.0 Å². The molecule has 0 saturated heterocycles. The number of hydrogen-bond donors (Lipinski definition) is 0. The molecule has 0 saturated carbocycles. The third-order valence-corrected chi connectivity index (χ3v) is 6.69. The number of benzene rings is 1. The van der Waals surface area contributed by atoms with Crippen molar-refractivity contribution in [1.82, 2.24) is 8.87 Å². The van der Waals surface area contributed by atoms with E-state index in [-0.39, 0.29) is 10.8 Å². The van der Waals surface area contributed by atoms with E-state index < -0.39 is 10.0 Å². The zero-order chi connectivity index (χ0) is 18.2. The summed E-state index contributed by atoms with van der Waals surface area (Å²) in [4.78, 5) is 14.9. The quantitative estimate of drug-likeness (QED) is 0.821. The van der Waals surface area contributed by atoms with Gasteiger partial charge in [-0.05, 0) is 24.1 Å². The van der Waals surface area contributed by atoms with Crippen LogP contribution in [-0.2, 0) is 23.5 Å². The SMILES string of the molecule is CCN(CC)S(=O)(=O)c1cc(C(=O)N2CCc3ccccc32)n(C)c1. The van der Waals surface area contributed by atoms with Crippen molar-refractivity contribution in [3.63, 3.8) is 0 Å². The van der Waals surface area contributed by atoms with E-state index >= 15 is 0 Å². The Hall–Kier alpha value is -2.12. The van der Waals surface area contributed by atoms with E-state index in [4.69, 9.17) is 0 Å². The topological polar surface area (TPSA) is 62.6 Å². The monoisotopic (exact) mass is 361 g/mol. The summed E-state index contributed by atoms with van der Waals surface area (Å²) >= 11 is 0. The van der Waals surface area contributed by atoms with E-state index in [1.165, 1.54) is 16.6 Å². The van der Waals surface area contributed by atoms with Crippen molar-refractivity contribution in [3.8, 4) is 0 Å². The lowest BCUT2D eigenvalue weighted by Crippen LogP contribution is -2.31. The fourth-order valence-electron chi connectivity index (χ4n) is 3.29. The van der Waals surface area contributed by atoms with Crippen LogP contribution in [0.5, 0.6) is 0 Å². The van der Waals surface area contributed by atoms with E-state index in [1.54, 1.807) is 30.4 Å². The van der Waals surface area contributed by atoms with Crippen LogP contribution in [0.25, 0.3) is 0 Å². The highest BCUT2D eigenvalue weighted by molar-refractivity contribution is 7.89. The molecule has 0 N–H and O–H groups in total. The Morgan fingerprint density at radius 2 is 1.88 bits per heavy atom. The number of carbonyl (C=O) groups excluding carboxylic acids is 1. The lowest BCUT2D eigenvalue weighted by Gasteiger charge is -2.17. The van der Waals surface area contributed by atoms with Gasteiger partial charge in [-0.2, -0.15) is 4.31 Å². The van der Waals surface area contributed by atoms with Crippen LogP contribution in [0.3, 0.4) is 0 Å². The third-order valence-electron chi connectivity index (χ3n) is 4.67. The van der Waals surface area contributed by atoms with Crippen LogP contribution < -0.4 is 4.90 Å². The number of rotatable bonds is 5. The summed E-state index contributed by atoms with van der Waals surface area (Å²) in [6.07, 6.45) is 2.33. The maximum Gasteiger partial charge on any atom is 0.274 e. The molecule has 0 aliphatic carbocycles. The Labute approximate surface area is 148 Å². The summed E-state index contributed by atoms with van der Waals surface area (Å²) in [5, 5.41) is 0. The third kappa shape index (κ3) is 2.98. The van der Waals surface area contributed by atoms with E-state index in [0.717, 1.165) is 17.7 Å². The second-order valence-corrected chi connectivity index (χ2v) is 8.03. The number of fused-ring (bicyclic) bond motifs is 1. The molecule has 1 aliphatic rings. The van der Waals surface area contributed by atoms with E-state index in [2.05, 4.69) is 0 Å². The first-order valence-electron chi connectivity index (χ1n) is 8.46. The number of para-hydroxylation sites is 1. The van der Waals surface area contributed by atoms with Crippen LogP contribution in [0.2, 0.25) is 0 Å². The molecule has 1 aliphatic heterocycles. The number of sulfonamides is 1. The molecule has 6 nitrogen and oxygen atoms in total. The van der Waals surface area contributed by atoms with Gasteiger partial charge in [0, 0.05) is 38.6 Å². The molecule has 2 aromatic rings. The van der Waals surface area contributed by atoms with Gasteiger partial charge in [0.05, 0.1) is 0 Å². The molecule has 0 radical (unpaired) electrons. The highest BCUT2D eigenvalue weighted by Crippen LogP contribution is 2.29. The van der Waals surface area contributed by atoms with Crippen molar-refractivity contribution in [3.05, 3.63) is 47.8 Å². The Kier molecular flexibility index (Phi) is 4.71. The second-order valence-electron chi connectivity index (χ2n) is 6.10. The predicted molar refractivity (Wildman–Crippen MR) is 97.3 cm³/mol. The minimum atomic E-state index is -3.58. The number of nitrogens with zero attached hydrogens (tertiary/aromatic N) is 3. The molecule has 7 heteroatoms. The number of aryl methyl sites for hydroxylation is 1. The smallest absolute Gasteiger partial charge is 0.274 e. The molecule has 0 spiro atoms. The fourth-order valence-corrected chi connectivity index (χ4v) is 4.82. The summed E-state index contributed by atoms with van der Waals surface area (Å²) in [6, 6.07) is 9.30. The number of hydrogen-bond acceptors (Lipinski definition) is 3. The molecule has 1 aromatic carbocycles. The molecule has 0 fully saturated rings. The van der Waals surface area contributed by atoms with Crippen molar-refractivity contribution in [2.45, 2.75) is 25.2 Å². The van der Waals surface area contributed by atoms with Crippen molar-refractivity contribution < 1.29 is 13.2 Å². The Balaban J connectivity index is 1.95. The van der Waals surface area contributed by atoms with Gasteiger partial charge in [0.15, 0.2) is 0 Å². The minimum Gasteiger partial charge on any atom is -0.345 e. The average Bonchev–Trinajstić information content (AvgIpc) is 3.19. The first-order chi connectivity index (χ1) is 11.9. The molecule has 1 aromatic heterocycles. The largest absolute Gasteiger partial charge is 0.345 e. The van der Waals surface area contributed by atoms with Gasteiger partial charge in [-0.15, -0.1) is 0 Å². The first-order valence-corrected chi connectivity index (χ1v) is 9.90. The Morgan fingerprint density at radius 1 is 1.20 bits per heavy atom. The zero-order valence-electron chi connectivity index (χ0n) is 14.8. The molecular formula is C18H23N3O3S. The minimum absolute atomic E-state index is 0.162. The molecule has 0 bridgehead atoms. The standard InChI is InChI=1S/C18H23N3O3S/c1-4-20(5-2)25(23,24)15-12-17(19(3)13-15)18(22)21-11-10-14-8-6-7-9-16(14)21/h6-9,12-13H,4-5,10-11H2,1-3H3. The van der Waals surface area contributed by atoms with Gasteiger partial charge >= 0.3 is 0 Å². The predicted octanol–water partition coefficient (Wildman–Crippen LogP) is 2.26. The Bertz CT molecular complexity index is 898. The highest BCUT2D eigenvalue weighted by atomic mass is 32.2. The molecule has 2 heterocycles. The van der Waals surface area contributed by atoms with Crippen molar-refractivity contribution >= 4 is 21.6 Å². The molecule has 3 rings (SSSR count).